The third kappa shape index (κ3) is 2.30. The van der Waals surface area contributed by atoms with Gasteiger partial charge < -0.3 is 10.3 Å². The van der Waals surface area contributed by atoms with Gasteiger partial charge in [0.15, 0.2) is 0 Å². The lowest BCUT2D eigenvalue weighted by Crippen LogP contribution is -1.87. The molecule has 1 aromatic heterocycles. The Morgan fingerprint density at radius 2 is 1.65 bits per heavy atom. The summed E-state index contributed by atoms with van der Waals surface area (Å²) in [6.07, 6.45) is 2.05. The summed E-state index contributed by atoms with van der Waals surface area (Å²) in [4.78, 5) is 1.21. The first-order chi connectivity index (χ1) is 9.79. The van der Waals surface area contributed by atoms with Gasteiger partial charge in [0.25, 0.3) is 0 Å². The molecule has 3 nitrogen and oxygen atoms in total. The average Bonchev–Trinajstić information content (AvgIpc) is 2.90. The maximum Gasteiger partial charge on any atom is 0.230 e. The number of hydrogen-bond acceptors (Lipinski definition) is 4. The highest BCUT2D eigenvalue weighted by atomic mass is 32.2. The monoisotopic (exact) mass is 282 g/mol. The number of nitrogen functional groups attached to an aromatic ring is 1. The molecule has 0 aliphatic carbocycles. The van der Waals surface area contributed by atoms with Crippen LogP contribution in [0.15, 0.2) is 64.0 Å². The van der Waals surface area contributed by atoms with E-state index in [1.54, 1.807) is 11.8 Å². The Bertz CT molecular complexity index is 705. The van der Waals surface area contributed by atoms with Gasteiger partial charge in [0.2, 0.25) is 5.88 Å². The molecule has 0 fully saturated rings. The Balaban J connectivity index is 2.11. The highest BCUT2D eigenvalue weighted by molar-refractivity contribution is 7.98. The highest BCUT2D eigenvalue weighted by Crippen LogP contribution is 2.36. The van der Waals surface area contributed by atoms with Crippen molar-refractivity contribution in [2.75, 3.05) is 12.0 Å². The van der Waals surface area contributed by atoms with Crippen molar-refractivity contribution in [2.24, 2.45) is 0 Å². The Morgan fingerprint density at radius 3 is 2.30 bits per heavy atom. The zero-order valence-corrected chi connectivity index (χ0v) is 11.9. The minimum absolute atomic E-state index is 0.347. The summed E-state index contributed by atoms with van der Waals surface area (Å²) in [7, 11) is 0. The molecule has 4 heteroatoms. The summed E-state index contributed by atoms with van der Waals surface area (Å²) < 4.78 is 5.18. The highest BCUT2D eigenvalue weighted by Gasteiger charge is 2.16. The SMILES string of the molecule is CSc1ccc(-c2noc(N)c2-c2ccccc2)cc1. The maximum absolute atomic E-state index is 5.93. The number of anilines is 1. The van der Waals surface area contributed by atoms with Crippen LogP contribution in [0.3, 0.4) is 0 Å². The molecule has 0 aliphatic rings. The van der Waals surface area contributed by atoms with E-state index in [4.69, 9.17) is 10.3 Å². The number of thioether (sulfide) groups is 1. The fourth-order valence-electron chi connectivity index (χ4n) is 2.13. The summed E-state index contributed by atoms with van der Waals surface area (Å²) >= 11 is 1.71. The first kappa shape index (κ1) is 12.8. The molecule has 2 N–H and O–H groups in total. The summed E-state index contributed by atoms with van der Waals surface area (Å²) in [6, 6.07) is 18.1. The van der Waals surface area contributed by atoms with Gasteiger partial charge in [-0.05, 0) is 24.0 Å². The summed E-state index contributed by atoms with van der Waals surface area (Å²) in [6.45, 7) is 0. The second kappa shape index (κ2) is 5.43. The fraction of sp³-hybridized carbons (Fsp3) is 0.0625. The molecule has 0 saturated carbocycles. The molecule has 0 unspecified atom stereocenters. The molecule has 0 saturated heterocycles. The topological polar surface area (TPSA) is 52.0 Å². The molecule has 0 aliphatic heterocycles. The van der Waals surface area contributed by atoms with Gasteiger partial charge >= 0.3 is 0 Å². The third-order valence-corrected chi connectivity index (χ3v) is 3.89. The van der Waals surface area contributed by atoms with Gasteiger partial charge in [-0.15, -0.1) is 11.8 Å². The lowest BCUT2D eigenvalue weighted by atomic mass is 10.0. The molecule has 0 atom stereocenters. The lowest BCUT2D eigenvalue weighted by molar-refractivity contribution is 0.439. The van der Waals surface area contributed by atoms with Gasteiger partial charge in [-0.25, -0.2) is 0 Å². The minimum Gasteiger partial charge on any atom is -0.367 e. The largest absolute Gasteiger partial charge is 0.367 e. The van der Waals surface area contributed by atoms with Crippen molar-refractivity contribution in [2.45, 2.75) is 4.90 Å². The van der Waals surface area contributed by atoms with Crippen LogP contribution in [-0.4, -0.2) is 11.4 Å². The van der Waals surface area contributed by atoms with Crippen molar-refractivity contribution in [3.8, 4) is 22.4 Å². The van der Waals surface area contributed by atoms with Crippen LogP contribution in [0.2, 0.25) is 0 Å². The minimum atomic E-state index is 0.347. The Hall–Kier alpha value is -2.20. The molecule has 0 spiro atoms. The van der Waals surface area contributed by atoms with Crippen molar-refractivity contribution in [1.82, 2.24) is 5.16 Å². The molecule has 0 radical (unpaired) electrons. The maximum atomic E-state index is 5.93. The van der Waals surface area contributed by atoms with Crippen LogP contribution in [0, 0.1) is 0 Å². The molecule has 0 bridgehead atoms. The van der Waals surface area contributed by atoms with Gasteiger partial charge in [0.05, 0.1) is 5.56 Å². The van der Waals surface area contributed by atoms with Crippen molar-refractivity contribution in [3.05, 3.63) is 54.6 Å². The van der Waals surface area contributed by atoms with E-state index in [9.17, 15) is 0 Å². The Morgan fingerprint density at radius 1 is 0.950 bits per heavy atom. The van der Waals surface area contributed by atoms with Gasteiger partial charge in [-0.3, -0.25) is 0 Å². The smallest absolute Gasteiger partial charge is 0.230 e. The van der Waals surface area contributed by atoms with E-state index in [1.807, 2.05) is 42.5 Å². The van der Waals surface area contributed by atoms with Crippen molar-refractivity contribution >= 4 is 17.6 Å². The molecule has 1 heterocycles. The second-order valence-corrected chi connectivity index (χ2v) is 5.24. The number of nitrogens with zero attached hydrogens (tertiary/aromatic N) is 1. The van der Waals surface area contributed by atoms with Crippen molar-refractivity contribution in [3.63, 3.8) is 0 Å². The van der Waals surface area contributed by atoms with E-state index < -0.39 is 0 Å². The first-order valence-electron chi connectivity index (χ1n) is 6.24. The Kier molecular flexibility index (Phi) is 3.48. The van der Waals surface area contributed by atoms with E-state index in [-0.39, 0.29) is 0 Å². The van der Waals surface area contributed by atoms with E-state index in [1.165, 1.54) is 4.90 Å². The van der Waals surface area contributed by atoms with E-state index in [2.05, 4.69) is 23.5 Å². The van der Waals surface area contributed by atoms with Crippen LogP contribution in [0.5, 0.6) is 0 Å². The van der Waals surface area contributed by atoms with Crippen LogP contribution in [-0.2, 0) is 0 Å². The number of rotatable bonds is 3. The van der Waals surface area contributed by atoms with Crippen LogP contribution < -0.4 is 5.73 Å². The quantitative estimate of drug-likeness (QED) is 0.727. The number of nitrogens with two attached hydrogens (primary N) is 1. The molecule has 0 amide bonds. The summed E-state index contributed by atoms with van der Waals surface area (Å²) in [5, 5.41) is 4.11. The number of hydrogen-bond donors (Lipinski definition) is 1. The standard InChI is InChI=1S/C16H14N2OS/c1-20-13-9-7-12(8-10-13)15-14(16(17)19-18-15)11-5-3-2-4-6-11/h2-10H,17H2,1H3. The van der Waals surface area contributed by atoms with Crippen LogP contribution >= 0.6 is 11.8 Å². The summed E-state index contributed by atoms with van der Waals surface area (Å²) in [5.41, 5.74) is 9.57. The molecular formula is C16H14N2OS. The number of aromatic nitrogens is 1. The fourth-order valence-corrected chi connectivity index (χ4v) is 2.54. The number of benzene rings is 2. The Labute approximate surface area is 121 Å². The third-order valence-electron chi connectivity index (χ3n) is 3.14. The molecule has 3 rings (SSSR count). The normalized spacial score (nSPS) is 10.7. The zero-order chi connectivity index (χ0) is 13.9. The average molecular weight is 282 g/mol. The van der Waals surface area contributed by atoms with Crippen LogP contribution in [0.4, 0.5) is 5.88 Å². The molecule has 2 aromatic carbocycles. The van der Waals surface area contributed by atoms with E-state index in [0.717, 1.165) is 22.4 Å². The van der Waals surface area contributed by atoms with Gasteiger partial charge in [0, 0.05) is 10.5 Å². The molecule has 100 valence electrons. The molecule has 3 aromatic rings. The van der Waals surface area contributed by atoms with Crippen LogP contribution in [0.1, 0.15) is 0 Å². The van der Waals surface area contributed by atoms with Gasteiger partial charge in [-0.1, -0.05) is 47.6 Å². The van der Waals surface area contributed by atoms with Gasteiger partial charge in [0.1, 0.15) is 5.69 Å². The molecule has 20 heavy (non-hydrogen) atoms. The van der Waals surface area contributed by atoms with Crippen molar-refractivity contribution < 1.29 is 4.52 Å². The van der Waals surface area contributed by atoms with Crippen molar-refractivity contribution in [1.29, 1.82) is 0 Å². The lowest BCUT2D eigenvalue weighted by Gasteiger charge is -2.03. The molecular weight excluding hydrogens is 268 g/mol. The summed E-state index contributed by atoms with van der Waals surface area (Å²) in [5.74, 6) is 0.347. The second-order valence-electron chi connectivity index (χ2n) is 4.36. The zero-order valence-electron chi connectivity index (χ0n) is 11.0. The predicted molar refractivity (Wildman–Crippen MR) is 83.6 cm³/mol. The van der Waals surface area contributed by atoms with E-state index >= 15 is 0 Å². The predicted octanol–water partition coefficient (Wildman–Crippen LogP) is 4.31. The van der Waals surface area contributed by atoms with E-state index in [0.29, 0.717) is 5.88 Å². The van der Waals surface area contributed by atoms with Crippen LogP contribution in [0.25, 0.3) is 22.4 Å². The first-order valence-corrected chi connectivity index (χ1v) is 7.47. The van der Waals surface area contributed by atoms with Gasteiger partial charge in [-0.2, -0.15) is 0 Å².